The van der Waals surface area contributed by atoms with Crippen molar-refractivity contribution in [2.45, 2.75) is 38.3 Å². The molecule has 1 rings (SSSR count). The number of nitrogens with zero attached hydrogens (tertiary/aromatic N) is 1. The lowest BCUT2D eigenvalue weighted by Crippen LogP contribution is -2.49. The van der Waals surface area contributed by atoms with Crippen LogP contribution < -0.4 is 0 Å². The Morgan fingerprint density at radius 3 is 2.53 bits per heavy atom. The van der Waals surface area contributed by atoms with Crippen LogP contribution in [-0.4, -0.2) is 47.2 Å². The second kappa shape index (κ2) is 4.18. The van der Waals surface area contributed by atoms with Crippen molar-refractivity contribution in [3.8, 4) is 0 Å². The summed E-state index contributed by atoms with van der Waals surface area (Å²) in [5.41, 5.74) is -1.43. The van der Waals surface area contributed by atoms with Gasteiger partial charge in [0.05, 0.1) is 7.11 Å². The van der Waals surface area contributed by atoms with Gasteiger partial charge >= 0.3 is 5.97 Å². The summed E-state index contributed by atoms with van der Waals surface area (Å²) in [6, 6.07) is -0.533. The number of rotatable bonds is 2. The first-order valence-electron chi connectivity index (χ1n) is 4.99. The highest BCUT2D eigenvalue weighted by molar-refractivity contribution is 5.89. The van der Waals surface area contributed by atoms with Crippen LogP contribution in [0.1, 0.15) is 26.7 Å². The molecular weight excluding hydrogens is 198 g/mol. The Morgan fingerprint density at radius 2 is 2.07 bits per heavy atom. The minimum Gasteiger partial charge on any atom is -0.467 e. The summed E-state index contributed by atoms with van der Waals surface area (Å²) in [6.45, 7) is 3.34. The molecule has 0 aliphatic carbocycles. The van der Waals surface area contributed by atoms with Gasteiger partial charge in [0.25, 0.3) is 5.91 Å². The highest BCUT2D eigenvalue weighted by Gasteiger charge is 2.40. The van der Waals surface area contributed by atoms with Crippen LogP contribution >= 0.6 is 0 Å². The highest BCUT2D eigenvalue weighted by atomic mass is 16.5. The Morgan fingerprint density at radius 1 is 1.47 bits per heavy atom. The molecule has 1 fully saturated rings. The van der Waals surface area contributed by atoms with Crippen LogP contribution in [0, 0.1) is 0 Å². The van der Waals surface area contributed by atoms with Crippen LogP contribution in [0.5, 0.6) is 0 Å². The summed E-state index contributed by atoms with van der Waals surface area (Å²) in [6.07, 6.45) is 1.37. The largest absolute Gasteiger partial charge is 0.467 e. The van der Waals surface area contributed by atoms with Gasteiger partial charge < -0.3 is 14.7 Å². The number of aliphatic hydroxyl groups is 1. The maximum atomic E-state index is 11.8. The molecule has 1 unspecified atom stereocenters. The van der Waals surface area contributed by atoms with Gasteiger partial charge in [-0.15, -0.1) is 0 Å². The van der Waals surface area contributed by atoms with Crippen molar-refractivity contribution in [2.24, 2.45) is 0 Å². The van der Waals surface area contributed by atoms with E-state index in [4.69, 9.17) is 0 Å². The molecule has 0 aromatic heterocycles. The number of methoxy groups -OCH3 is 1. The topological polar surface area (TPSA) is 66.8 Å². The Hall–Kier alpha value is -1.10. The first kappa shape index (κ1) is 12.0. The molecule has 0 bridgehead atoms. The molecule has 0 aromatic carbocycles. The van der Waals surface area contributed by atoms with Crippen LogP contribution in [0.4, 0.5) is 0 Å². The second-order valence-electron chi connectivity index (χ2n) is 4.24. The fourth-order valence-electron chi connectivity index (χ4n) is 1.74. The van der Waals surface area contributed by atoms with Gasteiger partial charge in [0, 0.05) is 6.54 Å². The molecule has 1 N–H and O–H groups in total. The van der Waals surface area contributed by atoms with Crippen molar-refractivity contribution < 1.29 is 19.4 Å². The summed E-state index contributed by atoms with van der Waals surface area (Å²) in [4.78, 5) is 24.5. The van der Waals surface area contributed by atoms with Crippen LogP contribution in [-0.2, 0) is 14.3 Å². The van der Waals surface area contributed by atoms with Gasteiger partial charge in [0.15, 0.2) is 0 Å². The molecule has 1 heterocycles. The minimum absolute atomic E-state index is 0.412. The number of amides is 1. The molecule has 86 valence electrons. The van der Waals surface area contributed by atoms with E-state index in [1.165, 1.54) is 25.9 Å². The van der Waals surface area contributed by atoms with E-state index in [-0.39, 0.29) is 0 Å². The SMILES string of the molecule is COC(=O)C1CCCN1C(=O)C(C)(C)O. The molecule has 15 heavy (non-hydrogen) atoms. The lowest BCUT2D eigenvalue weighted by Gasteiger charge is -2.28. The van der Waals surface area contributed by atoms with Gasteiger partial charge in [-0.2, -0.15) is 0 Å². The Labute approximate surface area is 89.0 Å². The summed E-state index contributed by atoms with van der Waals surface area (Å²) in [5.74, 6) is -0.833. The zero-order valence-electron chi connectivity index (χ0n) is 9.32. The van der Waals surface area contributed by atoms with Gasteiger partial charge in [-0.3, -0.25) is 4.79 Å². The average molecular weight is 215 g/mol. The van der Waals surface area contributed by atoms with Crippen LogP contribution in [0.15, 0.2) is 0 Å². The van der Waals surface area contributed by atoms with Gasteiger partial charge in [0.1, 0.15) is 11.6 Å². The molecular formula is C10H17NO4. The maximum absolute atomic E-state index is 11.8. The number of hydrogen-bond acceptors (Lipinski definition) is 4. The van der Waals surface area contributed by atoms with E-state index in [1.807, 2.05) is 0 Å². The van der Waals surface area contributed by atoms with Crippen molar-refractivity contribution in [1.29, 1.82) is 0 Å². The predicted molar refractivity (Wildman–Crippen MR) is 53.0 cm³/mol. The molecule has 1 atom stereocenters. The summed E-state index contributed by atoms with van der Waals surface area (Å²) in [7, 11) is 1.30. The number of carbonyl (C=O) groups excluding carboxylic acids is 2. The van der Waals surface area contributed by atoms with Gasteiger partial charge in [0.2, 0.25) is 0 Å². The van der Waals surface area contributed by atoms with Crippen molar-refractivity contribution in [1.82, 2.24) is 4.90 Å². The maximum Gasteiger partial charge on any atom is 0.328 e. The first-order valence-corrected chi connectivity index (χ1v) is 4.99. The number of hydrogen-bond donors (Lipinski definition) is 1. The molecule has 0 aromatic rings. The molecule has 1 saturated heterocycles. The van der Waals surface area contributed by atoms with Crippen LogP contribution in [0.2, 0.25) is 0 Å². The third-order valence-corrected chi connectivity index (χ3v) is 2.51. The fraction of sp³-hybridized carbons (Fsp3) is 0.800. The third-order valence-electron chi connectivity index (χ3n) is 2.51. The fourth-order valence-corrected chi connectivity index (χ4v) is 1.74. The van der Waals surface area contributed by atoms with Gasteiger partial charge in [-0.05, 0) is 26.7 Å². The summed E-state index contributed by atoms with van der Waals surface area (Å²) < 4.78 is 4.61. The second-order valence-corrected chi connectivity index (χ2v) is 4.24. The van der Waals surface area contributed by atoms with E-state index in [9.17, 15) is 14.7 Å². The Kier molecular flexibility index (Phi) is 3.34. The number of likely N-dealkylation sites (tertiary alicyclic amines) is 1. The molecule has 0 radical (unpaired) electrons. The van der Waals surface area contributed by atoms with E-state index >= 15 is 0 Å². The Bertz CT molecular complexity index is 269. The monoisotopic (exact) mass is 215 g/mol. The minimum atomic E-state index is -1.43. The summed E-state index contributed by atoms with van der Waals surface area (Å²) in [5, 5.41) is 9.58. The van der Waals surface area contributed by atoms with E-state index in [2.05, 4.69) is 4.74 Å². The molecule has 5 nitrogen and oxygen atoms in total. The molecule has 1 aliphatic rings. The summed E-state index contributed by atoms with van der Waals surface area (Å²) >= 11 is 0. The smallest absolute Gasteiger partial charge is 0.328 e. The van der Waals surface area contributed by atoms with Gasteiger partial charge in [-0.25, -0.2) is 4.79 Å². The normalized spacial score (nSPS) is 21.6. The molecule has 5 heteroatoms. The third kappa shape index (κ3) is 2.47. The van der Waals surface area contributed by atoms with Crippen molar-refractivity contribution in [2.75, 3.05) is 13.7 Å². The van der Waals surface area contributed by atoms with Crippen LogP contribution in [0.3, 0.4) is 0 Å². The lowest BCUT2D eigenvalue weighted by atomic mass is 10.1. The molecule has 1 amide bonds. The van der Waals surface area contributed by atoms with E-state index in [0.717, 1.165) is 6.42 Å². The predicted octanol–water partition coefficient (Wildman–Crippen LogP) is -0.0787. The lowest BCUT2D eigenvalue weighted by molar-refractivity contribution is -0.158. The Balaban J connectivity index is 2.77. The molecule has 0 saturated carbocycles. The van der Waals surface area contributed by atoms with E-state index in [1.54, 1.807) is 0 Å². The number of ether oxygens (including phenoxy) is 1. The standard InChI is InChI=1S/C10H17NO4/c1-10(2,14)9(13)11-6-4-5-7(11)8(12)15-3/h7,14H,4-6H2,1-3H3. The quantitative estimate of drug-likeness (QED) is 0.654. The average Bonchev–Trinajstić information content (AvgIpc) is 2.62. The van der Waals surface area contributed by atoms with Crippen molar-refractivity contribution >= 4 is 11.9 Å². The van der Waals surface area contributed by atoms with Crippen molar-refractivity contribution in [3.63, 3.8) is 0 Å². The first-order chi connectivity index (χ1) is 6.88. The van der Waals surface area contributed by atoms with E-state index in [0.29, 0.717) is 13.0 Å². The van der Waals surface area contributed by atoms with Crippen LogP contribution in [0.25, 0.3) is 0 Å². The highest BCUT2D eigenvalue weighted by Crippen LogP contribution is 2.21. The molecule has 1 aliphatic heterocycles. The number of carbonyl (C=O) groups is 2. The zero-order chi connectivity index (χ0) is 11.6. The van der Waals surface area contributed by atoms with Crippen molar-refractivity contribution in [3.05, 3.63) is 0 Å². The zero-order valence-corrected chi connectivity index (χ0v) is 9.32. The molecule has 0 spiro atoms. The van der Waals surface area contributed by atoms with Gasteiger partial charge in [-0.1, -0.05) is 0 Å². The van der Waals surface area contributed by atoms with E-state index < -0.39 is 23.5 Å². The number of esters is 1.